The van der Waals surface area contributed by atoms with E-state index in [2.05, 4.69) is 21.3 Å². The Morgan fingerprint density at radius 3 is 2.25 bits per heavy atom. The molecule has 8 nitrogen and oxygen atoms in total. The first kappa shape index (κ1) is 26.4. The van der Waals surface area contributed by atoms with E-state index in [1.165, 1.54) is 0 Å². The summed E-state index contributed by atoms with van der Waals surface area (Å²) in [7, 11) is 1.62. The molecule has 0 heterocycles. The summed E-state index contributed by atoms with van der Waals surface area (Å²) in [6.07, 6.45) is 1.80. The second kappa shape index (κ2) is 14.3. The summed E-state index contributed by atoms with van der Waals surface area (Å²) in [6.45, 7) is 1.18. The van der Waals surface area contributed by atoms with Crippen LogP contribution in [0.25, 0.3) is 0 Å². The quantitative estimate of drug-likeness (QED) is 0.271. The smallest absolute Gasteiger partial charge is 0.251 e. The number of methoxy groups -OCH3 is 1. The van der Waals surface area contributed by atoms with Crippen LogP contribution in [0.4, 0.5) is 17.1 Å². The van der Waals surface area contributed by atoms with Crippen LogP contribution in [0.2, 0.25) is 0 Å². The first-order valence-electron chi connectivity index (χ1n) is 11.9. The van der Waals surface area contributed by atoms with Crippen LogP contribution >= 0.6 is 0 Å². The minimum atomic E-state index is -0.232. The van der Waals surface area contributed by atoms with Gasteiger partial charge in [-0.15, -0.1) is 0 Å². The third-order valence-corrected chi connectivity index (χ3v) is 5.32. The molecule has 4 N–H and O–H groups in total. The van der Waals surface area contributed by atoms with Gasteiger partial charge in [-0.2, -0.15) is 0 Å². The van der Waals surface area contributed by atoms with Gasteiger partial charge in [0.1, 0.15) is 0 Å². The highest BCUT2D eigenvalue weighted by Gasteiger charge is 2.08. The Bertz CT molecular complexity index is 1130. The van der Waals surface area contributed by atoms with Crippen LogP contribution in [0.1, 0.15) is 28.8 Å². The van der Waals surface area contributed by atoms with Crippen LogP contribution < -0.4 is 21.3 Å². The van der Waals surface area contributed by atoms with Crippen molar-refractivity contribution in [2.45, 2.75) is 19.3 Å². The zero-order valence-electron chi connectivity index (χ0n) is 20.4. The molecule has 0 bridgehead atoms. The number of ether oxygens (including phenoxy) is 1. The lowest BCUT2D eigenvalue weighted by Gasteiger charge is -2.11. The van der Waals surface area contributed by atoms with E-state index in [1.807, 2.05) is 42.5 Å². The first-order valence-corrected chi connectivity index (χ1v) is 11.9. The van der Waals surface area contributed by atoms with Gasteiger partial charge in [0.15, 0.2) is 0 Å². The lowest BCUT2D eigenvalue weighted by molar-refractivity contribution is -0.116. The van der Waals surface area contributed by atoms with Crippen molar-refractivity contribution in [3.63, 3.8) is 0 Å². The molecule has 3 aromatic carbocycles. The summed E-state index contributed by atoms with van der Waals surface area (Å²) in [6, 6.07) is 23.8. The maximum absolute atomic E-state index is 12.4. The van der Waals surface area contributed by atoms with Crippen molar-refractivity contribution in [2.24, 2.45) is 0 Å². The Labute approximate surface area is 211 Å². The van der Waals surface area contributed by atoms with E-state index in [9.17, 15) is 14.4 Å². The Morgan fingerprint density at radius 1 is 0.778 bits per heavy atom. The molecule has 0 fully saturated rings. The fourth-order valence-corrected chi connectivity index (χ4v) is 3.45. The highest BCUT2D eigenvalue weighted by molar-refractivity contribution is 5.97. The van der Waals surface area contributed by atoms with E-state index in [0.717, 1.165) is 12.0 Å². The molecular formula is C28H32N4O4. The highest BCUT2D eigenvalue weighted by Crippen LogP contribution is 2.16. The maximum atomic E-state index is 12.4. The van der Waals surface area contributed by atoms with Crippen molar-refractivity contribution in [3.8, 4) is 0 Å². The monoisotopic (exact) mass is 488 g/mol. The lowest BCUT2D eigenvalue weighted by atomic mass is 10.1. The molecule has 0 radical (unpaired) electrons. The predicted octanol–water partition coefficient (Wildman–Crippen LogP) is 4.07. The third kappa shape index (κ3) is 9.23. The number of hydrogen-bond acceptors (Lipinski definition) is 5. The van der Waals surface area contributed by atoms with Gasteiger partial charge in [0.25, 0.3) is 5.91 Å². The van der Waals surface area contributed by atoms with E-state index >= 15 is 0 Å². The molecule has 0 aliphatic carbocycles. The van der Waals surface area contributed by atoms with Gasteiger partial charge in [0.05, 0.1) is 6.54 Å². The van der Waals surface area contributed by atoms with Gasteiger partial charge in [-0.25, -0.2) is 0 Å². The van der Waals surface area contributed by atoms with Gasteiger partial charge >= 0.3 is 0 Å². The van der Waals surface area contributed by atoms with Gasteiger partial charge in [-0.3, -0.25) is 14.4 Å². The predicted molar refractivity (Wildman–Crippen MR) is 142 cm³/mol. The van der Waals surface area contributed by atoms with Crippen molar-refractivity contribution in [1.29, 1.82) is 0 Å². The Balaban J connectivity index is 1.41. The number of anilines is 3. The highest BCUT2D eigenvalue weighted by atomic mass is 16.5. The van der Waals surface area contributed by atoms with Crippen LogP contribution in [0, 0.1) is 0 Å². The van der Waals surface area contributed by atoms with E-state index in [4.69, 9.17) is 4.74 Å². The number of aryl methyl sites for hydroxylation is 1. The normalized spacial score (nSPS) is 10.4. The Morgan fingerprint density at radius 2 is 1.50 bits per heavy atom. The number of nitrogens with one attached hydrogen (secondary N) is 4. The van der Waals surface area contributed by atoms with E-state index in [1.54, 1.807) is 43.5 Å². The van der Waals surface area contributed by atoms with Crippen molar-refractivity contribution in [3.05, 3.63) is 90.0 Å². The number of benzene rings is 3. The summed E-state index contributed by atoms with van der Waals surface area (Å²) in [4.78, 5) is 36.8. The standard InChI is InChI=1S/C28H32N4O4/c1-36-18-6-17-29-28(35)22-12-14-23(15-13-22)31-27(34)20-30-24-9-5-10-25(19-24)32-26(33)16-11-21-7-3-2-4-8-21/h2-5,7-10,12-15,19,30H,6,11,16-18,20H2,1H3,(H,29,35)(H,31,34)(H,32,33). The van der Waals surface area contributed by atoms with Crippen LogP contribution in [0.15, 0.2) is 78.9 Å². The topological polar surface area (TPSA) is 109 Å². The van der Waals surface area contributed by atoms with Crippen molar-refractivity contribution in [1.82, 2.24) is 5.32 Å². The summed E-state index contributed by atoms with van der Waals surface area (Å²) >= 11 is 0. The molecule has 36 heavy (non-hydrogen) atoms. The first-order chi connectivity index (χ1) is 17.5. The second-order valence-electron chi connectivity index (χ2n) is 8.20. The average Bonchev–Trinajstić information content (AvgIpc) is 2.90. The van der Waals surface area contributed by atoms with E-state index < -0.39 is 0 Å². The molecule has 0 aromatic heterocycles. The van der Waals surface area contributed by atoms with Gasteiger partial charge in [-0.05, 0) is 60.9 Å². The largest absolute Gasteiger partial charge is 0.385 e. The molecule has 3 amide bonds. The van der Waals surface area contributed by atoms with Crippen molar-refractivity contribution in [2.75, 3.05) is 42.8 Å². The maximum Gasteiger partial charge on any atom is 0.251 e. The molecule has 0 unspecified atom stereocenters. The van der Waals surface area contributed by atoms with Crippen LogP contribution in [-0.2, 0) is 20.7 Å². The van der Waals surface area contributed by atoms with Crippen molar-refractivity contribution >= 4 is 34.8 Å². The van der Waals surface area contributed by atoms with Gasteiger partial charge in [-0.1, -0.05) is 36.4 Å². The van der Waals surface area contributed by atoms with Crippen LogP contribution in [0.5, 0.6) is 0 Å². The molecule has 3 rings (SSSR count). The Kier molecular flexibility index (Phi) is 10.5. The second-order valence-corrected chi connectivity index (χ2v) is 8.20. The molecule has 3 aromatic rings. The number of carbonyl (C=O) groups is 3. The SMILES string of the molecule is COCCCNC(=O)c1ccc(NC(=O)CNc2cccc(NC(=O)CCc3ccccc3)c2)cc1. The molecule has 0 spiro atoms. The molecule has 0 saturated carbocycles. The van der Waals surface area contributed by atoms with Gasteiger partial charge in [0.2, 0.25) is 11.8 Å². The fourth-order valence-electron chi connectivity index (χ4n) is 3.45. The lowest BCUT2D eigenvalue weighted by Crippen LogP contribution is -2.25. The Hall–Kier alpha value is -4.17. The molecule has 188 valence electrons. The summed E-state index contributed by atoms with van der Waals surface area (Å²) in [5.41, 5.74) is 3.61. The number of hydrogen-bond donors (Lipinski definition) is 4. The number of carbonyl (C=O) groups excluding carboxylic acids is 3. The van der Waals surface area contributed by atoms with Gasteiger partial charge in [0, 0.05) is 49.3 Å². The van der Waals surface area contributed by atoms with Crippen molar-refractivity contribution < 1.29 is 19.1 Å². The molecule has 0 aliphatic rings. The molecule has 0 saturated heterocycles. The minimum Gasteiger partial charge on any atom is -0.385 e. The molecule has 0 aliphatic heterocycles. The summed E-state index contributed by atoms with van der Waals surface area (Å²) in [5.74, 6) is -0.470. The average molecular weight is 489 g/mol. The van der Waals surface area contributed by atoms with E-state index in [0.29, 0.717) is 48.6 Å². The zero-order chi connectivity index (χ0) is 25.6. The molecular weight excluding hydrogens is 456 g/mol. The fraction of sp³-hybridized carbons (Fsp3) is 0.250. The van der Waals surface area contributed by atoms with Gasteiger partial charge < -0.3 is 26.0 Å². The minimum absolute atomic E-state index is 0.0488. The van der Waals surface area contributed by atoms with Crippen LogP contribution in [0.3, 0.4) is 0 Å². The van der Waals surface area contributed by atoms with Crippen LogP contribution in [-0.4, -0.2) is 44.5 Å². The zero-order valence-corrected chi connectivity index (χ0v) is 20.4. The number of amides is 3. The summed E-state index contributed by atoms with van der Waals surface area (Å²) < 4.78 is 4.96. The summed E-state index contributed by atoms with van der Waals surface area (Å²) in [5, 5.41) is 11.6. The van der Waals surface area contributed by atoms with E-state index in [-0.39, 0.29) is 24.3 Å². The molecule has 8 heteroatoms. The number of rotatable bonds is 13. The molecule has 0 atom stereocenters. The third-order valence-electron chi connectivity index (χ3n) is 5.32.